The lowest BCUT2D eigenvalue weighted by Gasteiger charge is -1.99. The van der Waals surface area contributed by atoms with Crippen LogP contribution < -0.4 is 11.1 Å². The normalized spacial score (nSPS) is 12.4. The Balaban J connectivity index is 2.06. The summed E-state index contributed by atoms with van der Waals surface area (Å²) in [5.41, 5.74) is 6.75. The quantitative estimate of drug-likeness (QED) is 0.879. The first kappa shape index (κ1) is 12.7. The monoisotopic (exact) mass is 265 g/mol. The highest BCUT2D eigenvalue weighted by atomic mass is 32.1. The number of aryl methyl sites for hydroxylation is 1. The summed E-state index contributed by atoms with van der Waals surface area (Å²) < 4.78 is 1.74. The predicted molar refractivity (Wildman–Crippen MR) is 70.6 cm³/mol. The van der Waals surface area contributed by atoms with E-state index in [1.54, 1.807) is 22.5 Å². The van der Waals surface area contributed by atoms with Crippen LogP contribution in [0.3, 0.4) is 0 Å². The number of carbonyl (C=O) groups is 1. The summed E-state index contributed by atoms with van der Waals surface area (Å²) in [6, 6.07) is -0.153. The number of aromatic nitrogens is 3. The second-order valence-electron chi connectivity index (χ2n) is 3.90. The largest absolute Gasteiger partial charge is 0.322 e. The molecule has 18 heavy (non-hydrogen) atoms. The van der Waals surface area contributed by atoms with Gasteiger partial charge in [-0.15, -0.1) is 11.3 Å². The van der Waals surface area contributed by atoms with E-state index in [9.17, 15) is 4.79 Å². The van der Waals surface area contributed by atoms with Crippen molar-refractivity contribution in [3.05, 3.63) is 28.5 Å². The van der Waals surface area contributed by atoms with Gasteiger partial charge in [0.25, 0.3) is 5.91 Å². The van der Waals surface area contributed by atoms with Crippen LogP contribution in [0.15, 0.2) is 17.8 Å². The van der Waals surface area contributed by atoms with Gasteiger partial charge >= 0.3 is 0 Å². The van der Waals surface area contributed by atoms with E-state index in [0.29, 0.717) is 11.4 Å². The van der Waals surface area contributed by atoms with Gasteiger partial charge in [0, 0.05) is 18.1 Å². The number of hydrogen-bond acceptors (Lipinski definition) is 5. The third kappa shape index (κ3) is 2.74. The molecule has 3 N–H and O–H groups in total. The van der Waals surface area contributed by atoms with Crippen molar-refractivity contribution < 1.29 is 4.79 Å². The van der Waals surface area contributed by atoms with E-state index >= 15 is 0 Å². The Kier molecular flexibility index (Phi) is 3.73. The number of hydrogen-bond donors (Lipinski definition) is 2. The van der Waals surface area contributed by atoms with E-state index in [2.05, 4.69) is 15.4 Å². The molecule has 0 aromatic carbocycles. The van der Waals surface area contributed by atoms with Crippen molar-refractivity contribution in [1.29, 1.82) is 0 Å². The molecule has 6 nitrogen and oxygen atoms in total. The van der Waals surface area contributed by atoms with Crippen LogP contribution in [0.5, 0.6) is 0 Å². The van der Waals surface area contributed by atoms with Crippen molar-refractivity contribution in [1.82, 2.24) is 14.8 Å². The molecular formula is C11H15N5OS. The maximum absolute atomic E-state index is 11.9. The van der Waals surface area contributed by atoms with Crippen molar-refractivity contribution in [2.45, 2.75) is 26.4 Å². The van der Waals surface area contributed by atoms with Crippen molar-refractivity contribution in [3.63, 3.8) is 0 Å². The second kappa shape index (κ2) is 5.28. The Morgan fingerprint density at radius 3 is 3.00 bits per heavy atom. The van der Waals surface area contributed by atoms with Gasteiger partial charge < -0.3 is 11.1 Å². The van der Waals surface area contributed by atoms with Gasteiger partial charge in [-0.1, -0.05) is 0 Å². The fourth-order valence-corrected chi connectivity index (χ4v) is 2.16. The molecule has 2 aromatic heterocycles. The molecule has 2 aromatic rings. The van der Waals surface area contributed by atoms with Crippen LogP contribution in [0.1, 0.15) is 35.4 Å². The number of nitrogens with zero attached hydrogens (tertiary/aromatic N) is 3. The number of anilines is 1. The molecule has 7 heteroatoms. The van der Waals surface area contributed by atoms with Crippen molar-refractivity contribution >= 4 is 22.9 Å². The lowest BCUT2D eigenvalue weighted by Crippen LogP contribution is -2.13. The summed E-state index contributed by atoms with van der Waals surface area (Å²) in [6.07, 6.45) is 3.39. The molecule has 0 saturated heterocycles. The molecule has 0 fully saturated rings. The zero-order chi connectivity index (χ0) is 13.1. The minimum atomic E-state index is -0.242. The summed E-state index contributed by atoms with van der Waals surface area (Å²) >= 11 is 1.39. The van der Waals surface area contributed by atoms with Gasteiger partial charge in [-0.3, -0.25) is 9.48 Å². The Morgan fingerprint density at radius 1 is 1.67 bits per heavy atom. The van der Waals surface area contributed by atoms with Gasteiger partial charge in [-0.25, -0.2) is 4.98 Å². The van der Waals surface area contributed by atoms with Crippen LogP contribution in [0.25, 0.3) is 0 Å². The molecule has 2 heterocycles. The van der Waals surface area contributed by atoms with Gasteiger partial charge in [0.2, 0.25) is 0 Å². The third-order valence-corrected chi connectivity index (χ3v) is 3.40. The number of thiazole rings is 1. The van der Waals surface area contributed by atoms with Gasteiger partial charge in [-0.05, 0) is 13.8 Å². The SMILES string of the molecule is CCn1cc(NC(=O)c2csc(C(C)N)n2)cn1. The molecule has 0 spiro atoms. The topological polar surface area (TPSA) is 85.8 Å². The first-order valence-electron chi connectivity index (χ1n) is 5.65. The molecule has 1 amide bonds. The molecule has 0 aliphatic heterocycles. The molecule has 0 aliphatic carbocycles. The van der Waals surface area contributed by atoms with E-state index in [1.165, 1.54) is 11.3 Å². The molecule has 0 bridgehead atoms. The number of amides is 1. The molecule has 0 radical (unpaired) electrons. The van der Waals surface area contributed by atoms with Gasteiger partial charge in [0.05, 0.1) is 17.9 Å². The zero-order valence-electron chi connectivity index (χ0n) is 10.3. The number of carbonyl (C=O) groups excluding carboxylic acids is 1. The molecule has 0 saturated carbocycles. The van der Waals surface area contributed by atoms with Gasteiger partial charge in [0.1, 0.15) is 10.7 Å². The Bertz CT molecular complexity index is 545. The molecular weight excluding hydrogens is 250 g/mol. The van der Waals surface area contributed by atoms with E-state index in [-0.39, 0.29) is 11.9 Å². The van der Waals surface area contributed by atoms with Crippen LogP contribution in [0.4, 0.5) is 5.69 Å². The van der Waals surface area contributed by atoms with E-state index < -0.39 is 0 Å². The van der Waals surface area contributed by atoms with Crippen LogP contribution in [0, 0.1) is 0 Å². The average Bonchev–Trinajstić information content (AvgIpc) is 2.97. The average molecular weight is 265 g/mol. The van der Waals surface area contributed by atoms with E-state index in [0.717, 1.165) is 11.6 Å². The summed E-state index contributed by atoms with van der Waals surface area (Å²) in [5, 5.41) is 9.29. The predicted octanol–water partition coefficient (Wildman–Crippen LogP) is 1.63. The summed E-state index contributed by atoms with van der Waals surface area (Å²) in [4.78, 5) is 16.1. The van der Waals surface area contributed by atoms with Crippen molar-refractivity contribution in [2.24, 2.45) is 5.73 Å². The molecule has 1 unspecified atom stereocenters. The second-order valence-corrected chi connectivity index (χ2v) is 4.79. The third-order valence-electron chi connectivity index (χ3n) is 2.36. The van der Waals surface area contributed by atoms with E-state index in [4.69, 9.17) is 5.73 Å². The highest BCUT2D eigenvalue weighted by Crippen LogP contribution is 2.17. The van der Waals surface area contributed by atoms with Crippen LogP contribution in [-0.4, -0.2) is 20.7 Å². The maximum atomic E-state index is 11.9. The standard InChI is InChI=1S/C11H15N5OS/c1-3-16-5-8(4-13-16)14-10(17)9-6-18-11(15-9)7(2)12/h4-7H,3,12H2,1-2H3,(H,14,17). The summed E-state index contributed by atoms with van der Waals surface area (Å²) in [7, 11) is 0. The molecule has 96 valence electrons. The fourth-order valence-electron chi connectivity index (χ4n) is 1.40. The smallest absolute Gasteiger partial charge is 0.275 e. The maximum Gasteiger partial charge on any atom is 0.275 e. The first-order chi connectivity index (χ1) is 8.60. The van der Waals surface area contributed by atoms with Crippen molar-refractivity contribution in [2.75, 3.05) is 5.32 Å². The number of rotatable bonds is 4. The van der Waals surface area contributed by atoms with Gasteiger partial charge in [0.15, 0.2) is 0 Å². The van der Waals surface area contributed by atoms with E-state index in [1.807, 2.05) is 13.8 Å². The van der Waals surface area contributed by atoms with Crippen LogP contribution in [0.2, 0.25) is 0 Å². The molecule has 0 aliphatic rings. The highest BCUT2D eigenvalue weighted by Gasteiger charge is 2.13. The number of nitrogens with one attached hydrogen (secondary N) is 1. The molecule has 2 rings (SSSR count). The highest BCUT2D eigenvalue weighted by molar-refractivity contribution is 7.09. The summed E-state index contributed by atoms with van der Waals surface area (Å²) in [6.45, 7) is 4.58. The Hall–Kier alpha value is -1.73. The lowest BCUT2D eigenvalue weighted by molar-refractivity contribution is 0.102. The fraction of sp³-hybridized carbons (Fsp3) is 0.364. The number of nitrogens with two attached hydrogens (primary N) is 1. The summed E-state index contributed by atoms with van der Waals surface area (Å²) in [5.74, 6) is -0.242. The zero-order valence-corrected chi connectivity index (χ0v) is 11.1. The minimum Gasteiger partial charge on any atom is -0.322 e. The van der Waals surface area contributed by atoms with Crippen LogP contribution >= 0.6 is 11.3 Å². The first-order valence-corrected chi connectivity index (χ1v) is 6.53. The minimum absolute atomic E-state index is 0.153. The van der Waals surface area contributed by atoms with Gasteiger partial charge in [-0.2, -0.15) is 5.10 Å². The lowest BCUT2D eigenvalue weighted by atomic mass is 10.4. The van der Waals surface area contributed by atoms with Crippen LogP contribution in [-0.2, 0) is 6.54 Å². The Morgan fingerprint density at radius 2 is 2.44 bits per heavy atom. The Labute approximate surface area is 109 Å². The molecule has 1 atom stereocenters. The van der Waals surface area contributed by atoms with Crippen molar-refractivity contribution in [3.8, 4) is 0 Å².